The summed E-state index contributed by atoms with van der Waals surface area (Å²) in [6.45, 7) is 10.3. The van der Waals surface area contributed by atoms with Gasteiger partial charge in [0.1, 0.15) is 0 Å². The van der Waals surface area contributed by atoms with Crippen LogP contribution in [0.3, 0.4) is 0 Å². The zero-order valence-electron chi connectivity index (χ0n) is 13.1. The third kappa shape index (κ3) is 8.41. The molecule has 1 aliphatic heterocycles. The predicted octanol–water partition coefficient (Wildman–Crippen LogP) is 4.75. The van der Waals surface area contributed by atoms with E-state index in [0.29, 0.717) is 12.3 Å². The van der Waals surface area contributed by atoms with Gasteiger partial charge >= 0.3 is 0 Å². The van der Waals surface area contributed by atoms with Crippen molar-refractivity contribution in [2.24, 2.45) is 5.92 Å². The average Bonchev–Trinajstić information content (AvgIpc) is 2.53. The zero-order chi connectivity index (χ0) is 14.7. The van der Waals surface area contributed by atoms with Crippen molar-refractivity contribution < 1.29 is 4.79 Å². The summed E-state index contributed by atoms with van der Waals surface area (Å²) in [7, 11) is 0. The third-order valence-electron chi connectivity index (χ3n) is 2.66. The first-order valence-corrected chi connectivity index (χ1v) is 7.45. The molecule has 1 atom stereocenters. The number of allylic oxidation sites excluding steroid dienone is 5. The summed E-state index contributed by atoms with van der Waals surface area (Å²) >= 11 is 0. The molecule has 2 nitrogen and oxygen atoms in total. The van der Waals surface area contributed by atoms with Crippen LogP contribution in [0.15, 0.2) is 35.6 Å². The van der Waals surface area contributed by atoms with Crippen molar-refractivity contribution in [2.75, 3.05) is 0 Å². The fourth-order valence-electron chi connectivity index (χ4n) is 1.86. The number of carbonyl (C=O) groups excluding carboxylic acids is 1. The molecule has 108 valence electrons. The van der Waals surface area contributed by atoms with Crippen LogP contribution in [0.1, 0.15) is 60.3 Å². The van der Waals surface area contributed by atoms with Crippen molar-refractivity contribution in [3.8, 4) is 0 Å². The number of nitrogens with one attached hydrogen (secondary N) is 1. The normalized spacial score (nSPS) is 18.9. The molecule has 0 aromatic heterocycles. The monoisotopic (exact) mass is 263 g/mol. The minimum absolute atomic E-state index is 0.125. The van der Waals surface area contributed by atoms with E-state index in [1.165, 1.54) is 12.0 Å². The van der Waals surface area contributed by atoms with Crippen LogP contribution >= 0.6 is 0 Å². The summed E-state index contributed by atoms with van der Waals surface area (Å²) < 4.78 is 0. The lowest BCUT2D eigenvalue weighted by Gasteiger charge is -2.04. The minimum atomic E-state index is 0.125. The van der Waals surface area contributed by atoms with E-state index in [-0.39, 0.29) is 5.91 Å². The zero-order valence-corrected chi connectivity index (χ0v) is 13.1. The molecule has 0 saturated carbocycles. The molecule has 1 unspecified atom stereocenters. The number of carbonyl (C=O) groups is 1. The Balaban J connectivity index is 0.00000154. The molecule has 1 amide bonds. The minimum Gasteiger partial charge on any atom is -0.326 e. The third-order valence-corrected chi connectivity index (χ3v) is 2.66. The topological polar surface area (TPSA) is 29.1 Å². The Morgan fingerprint density at radius 3 is 2.68 bits per heavy atom. The van der Waals surface area contributed by atoms with Crippen LogP contribution in [0.2, 0.25) is 0 Å². The Hall–Kier alpha value is -1.31. The van der Waals surface area contributed by atoms with Crippen LogP contribution in [-0.2, 0) is 4.79 Å². The molecule has 1 rings (SSSR count). The highest BCUT2D eigenvalue weighted by molar-refractivity contribution is 5.78. The Morgan fingerprint density at radius 2 is 2.11 bits per heavy atom. The van der Waals surface area contributed by atoms with E-state index < -0.39 is 0 Å². The molecule has 0 spiro atoms. The van der Waals surface area contributed by atoms with Gasteiger partial charge in [0.05, 0.1) is 0 Å². The van der Waals surface area contributed by atoms with Crippen molar-refractivity contribution in [3.63, 3.8) is 0 Å². The van der Waals surface area contributed by atoms with Gasteiger partial charge in [-0.3, -0.25) is 4.79 Å². The lowest BCUT2D eigenvalue weighted by Crippen LogP contribution is -2.19. The van der Waals surface area contributed by atoms with Gasteiger partial charge in [0.15, 0.2) is 0 Å². The molecule has 0 radical (unpaired) electrons. The molecule has 0 aromatic rings. The van der Waals surface area contributed by atoms with E-state index in [0.717, 1.165) is 18.5 Å². The quantitative estimate of drug-likeness (QED) is 0.729. The van der Waals surface area contributed by atoms with Gasteiger partial charge in [-0.05, 0) is 38.7 Å². The summed E-state index contributed by atoms with van der Waals surface area (Å²) in [5.74, 6) is 0.506. The van der Waals surface area contributed by atoms with Gasteiger partial charge in [0.25, 0.3) is 0 Å². The maximum atomic E-state index is 11.5. The number of amides is 1. The van der Waals surface area contributed by atoms with Gasteiger partial charge in [0.2, 0.25) is 5.91 Å². The lowest BCUT2D eigenvalue weighted by molar-refractivity contribution is -0.120. The van der Waals surface area contributed by atoms with Crippen LogP contribution in [0.5, 0.6) is 0 Å². The molecule has 0 fully saturated rings. The summed E-state index contributed by atoms with van der Waals surface area (Å²) in [5.41, 5.74) is 2.15. The van der Waals surface area contributed by atoms with Crippen LogP contribution in [0.4, 0.5) is 0 Å². The summed E-state index contributed by atoms with van der Waals surface area (Å²) in [5, 5.41) is 2.94. The fourth-order valence-corrected chi connectivity index (χ4v) is 1.86. The van der Waals surface area contributed by atoms with Gasteiger partial charge in [-0.25, -0.2) is 0 Å². The molecular weight excluding hydrogens is 234 g/mol. The van der Waals surface area contributed by atoms with E-state index in [9.17, 15) is 4.79 Å². The van der Waals surface area contributed by atoms with E-state index in [1.54, 1.807) is 0 Å². The second-order valence-corrected chi connectivity index (χ2v) is 4.81. The van der Waals surface area contributed by atoms with E-state index >= 15 is 0 Å². The maximum Gasteiger partial charge on any atom is 0.224 e. The van der Waals surface area contributed by atoms with Gasteiger partial charge < -0.3 is 5.32 Å². The van der Waals surface area contributed by atoms with Gasteiger partial charge in [-0.1, -0.05) is 51.0 Å². The van der Waals surface area contributed by atoms with E-state index in [2.05, 4.69) is 30.5 Å². The second-order valence-electron chi connectivity index (χ2n) is 4.81. The Labute approximate surface area is 118 Å². The highest BCUT2D eigenvalue weighted by Crippen LogP contribution is 2.17. The molecule has 0 aromatic carbocycles. The van der Waals surface area contributed by atoms with Crippen molar-refractivity contribution in [1.29, 1.82) is 0 Å². The molecule has 2 heteroatoms. The molecular formula is C17H29NO. The molecule has 0 saturated heterocycles. The van der Waals surface area contributed by atoms with Gasteiger partial charge in [0, 0.05) is 12.1 Å². The van der Waals surface area contributed by atoms with Gasteiger partial charge in [-0.2, -0.15) is 0 Å². The van der Waals surface area contributed by atoms with Crippen molar-refractivity contribution in [3.05, 3.63) is 35.6 Å². The van der Waals surface area contributed by atoms with Crippen LogP contribution in [0, 0.1) is 5.92 Å². The van der Waals surface area contributed by atoms with Crippen molar-refractivity contribution in [1.82, 2.24) is 5.32 Å². The first-order chi connectivity index (χ1) is 9.11. The number of hydrogen-bond donors (Lipinski definition) is 1. The van der Waals surface area contributed by atoms with Crippen molar-refractivity contribution >= 4 is 5.91 Å². The van der Waals surface area contributed by atoms with E-state index in [1.807, 2.05) is 33.8 Å². The highest BCUT2D eigenvalue weighted by Gasteiger charge is 2.13. The SMILES string of the molecule is CC.CCC/C=C\C1C=C(C=C(C)C)NC(=O)CC1. The standard InChI is InChI=1S/C15H23NO.C2H6/c1-4-5-6-7-13-8-9-15(17)16-14(11-13)10-12(2)3;1-2/h6-7,10-11,13H,4-5,8-9H2,1-3H3,(H,16,17);1-2H3/b7-6-;. The number of hydrogen-bond acceptors (Lipinski definition) is 1. The van der Waals surface area contributed by atoms with Crippen LogP contribution < -0.4 is 5.32 Å². The molecule has 1 N–H and O–H groups in total. The van der Waals surface area contributed by atoms with Crippen LogP contribution in [-0.4, -0.2) is 5.91 Å². The van der Waals surface area contributed by atoms with Gasteiger partial charge in [-0.15, -0.1) is 0 Å². The number of unbranched alkanes of at least 4 members (excludes halogenated alkanes) is 1. The maximum absolute atomic E-state index is 11.5. The molecule has 1 aliphatic rings. The highest BCUT2D eigenvalue weighted by atomic mass is 16.1. The summed E-state index contributed by atoms with van der Waals surface area (Å²) in [6, 6.07) is 0. The Bertz CT molecular complexity index is 346. The Kier molecular flexibility index (Phi) is 9.87. The fraction of sp³-hybridized carbons (Fsp3) is 0.588. The largest absolute Gasteiger partial charge is 0.326 e. The van der Waals surface area contributed by atoms with Crippen molar-refractivity contribution in [2.45, 2.75) is 60.3 Å². The van der Waals surface area contributed by atoms with E-state index in [4.69, 9.17) is 0 Å². The summed E-state index contributed by atoms with van der Waals surface area (Å²) in [4.78, 5) is 11.5. The molecule has 19 heavy (non-hydrogen) atoms. The first-order valence-electron chi connectivity index (χ1n) is 7.45. The predicted molar refractivity (Wildman–Crippen MR) is 83.8 cm³/mol. The number of rotatable bonds is 4. The average molecular weight is 263 g/mol. The first kappa shape index (κ1) is 17.7. The molecule has 0 bridgehead atoms. The summed E-state index contributed by atoms with van der Waals surface area (Å²) in [6.07, 6.45) is 12.4. The second kappa shape index (κ2) is 10.6. The van der Waals surface area contributed by atoms with Crippen LogP contribution in [0.25, 0.3) is 0 Å². The molecule has 0 aliphatic carbocycles. The lowest BCUT2D eigenvalue weighted by atomic mass is 10.0. The smallest absolute Gasteiger partial charge is 0.224 e. The molecule has 1 heterocycles. The Morgan fingerprint density at radius 1 is 1.42 bits per heavy atom.